The molecule has 120 valence electrons. The van der Waals surface area contributed by atoms with Crippen molar-refractivity contribution in [2.45, 2.75) is 24.9 Å². The zero-order chi connectivity index (χ0) is 16.1. The molecule has 0 amide bonds. The van der Waals surface area contributed by atoms with Crippen molar-refractivity contribution < 1.29 is 9.53 Å². The number of hydrogen-bond donors (Lipinski definition) is 0. The number of hydrogen-bond acceptors (Lipinski definition) is 3. The van der Waals surface area contributed by atoms with Crippen LogP contribution in [0.15, 0.2) is 60.7 Å². The lowest BCUT2D eigenvalue weighted by molar-refractivity contribution is -0.150. The van der Waals surface area contributed by atoms with Crippen LogP contribution in [0, 0.1) is 0 Å². The minimum Gasteiger partial charge on any atom is -0.460 e. The summed E-state index contributed by atoms with van der Waals surface area (Å²) in [5, 5.41) is 0. The fraction of sp³-hybridized carbons (Fsp3) is 0.350. The molecule has 3 nitrogen and oxygen atoms in total. The van der Waals surface area contributed by atoms with E-state index in [1.807, 2.05) is 48.5 Å². The summed E-state index contributed by atoms with van der Waals surface area (Å²) in [5.74, 6) is -0.357. The second-order valence-electron chi connectivity index (χ2n) is 6.26. The van der Waals surface area contributed by atoms with Crippen LogP contribution in [0.1, 0.15) is 23.5 Å². The van der Waals surface area contributed by atoms with Gasteiger partial charge < -0.3 is 9.64 Å². The number of benzene rings is 2. The third kappa shape index (κ3) is 4.20. The number of carbonyl (C=O) groups excluding carboxylic acids is 1. The average molecular weight is 309 g/mol. The molecule has 3 heteroatoms. The first kappa shape index (κ1) is 15.8. The maximum Gasteiger partial charge on any atom is 0.314 e. The quantitative estimate of drug-likeness (QED) is 0.794. The van der Waals surface area contributed by atoms with E-state index in [1.54, 1.807) is 0 Å². The molecule has 2 aromatic carbocycles. The molecule has 1 fully saturated rings. The highest BCUT2D eigenvalue weighted by Crippen LogP contribution is 2.24. The van der Waals surface area contributed by atoms with E-state index in [4.69, 9.17) is 4.74 Å². The van der Waals surface area contributed by atoms with Gasteiger partial charge in [0.25, 0.3) is 0 Å². The summed E-state index contributed by atoms with van der Waals surface area (Å²) < 4.78 is 5.79. The summed E-state index contributed by atoms with van der Waals surface area (Å²) in [5.41, 5.74) is 2.18. The first-order chi connectivity index (χ1) is 11.2. The lowest BCUT2D eigenvalue weighted by Gasteiger charge is -2.20. The van der Waals surface area contributed by atoms with Crippen molar-refractivity contribution in [2.75, 3.05) is 20.1 Å². The van der Waals surface area contributed by atoms with Crippen molar-refractivity contribution in [2.24, 2.45) is 0 Å². The van der Waals surface area contributed by atoms with Gasteiger partial charge in [0.1, 0.15) is 6.10 Å². The molecule has 0 radical (unpaired) electrons. The summed E-state index contributed by atoms with van der Waals surface area (Å²) in [7, 11) is 2.06. The molecule has 1 heterocycles. The van der Waals surface area contributed by atoms with Gasteiger partial charge in [-0.2, -0.15) is 0 Å². The van der Waals surface area contributed by atoms with Gasteiger partial charge in [0.2, 0.25) is 0 Å². The van der Waals surface area contributed by atoms with Gasteiger partial charge in [-0.05, 0) is 31.0 Å². The third-order valence-electron chi connectivity index (χ3n) is 4.40. The average Bonchev–Trinajstić information content (AvgIpc) is 2.99. The van der Waals surface area contributed by atoms with Gasteiger partial charge in [0, 0.05) is 13.1 Å². The summed E-state index contributed by atoms with van der Waals surface area (Å²) in [6, 6.07) is 20.1. The lowest BCUT2D eigenvalue weighted by atomic mass is 9.92. The SMILES string of the molecule is CN1CCC(OC(=O)C(Cc2ccccc2)c2ccccc2)C1. The lowest BCUT2D eigenvalue weighted by Crippen LogP contribution is -2.26. The summed E-state index contributed by atoms with van der Waals surface area (Å²) in [4.78, 5) is 15.0. The van der Waals surface area contributed by atoms with Crippen LogP contribution in [0.4, 0.5) is 0 Å². The Morgan fingerprint density at radius 3 is 2.39 bits per heavy atom. The summed E-state index contributed by atoms with van der Waals surface area (Å²) in [6.07, 6.45) is 1.62. The van der Waals surface area contributed by atoms with Gasteiger partial charge in [0.15, 0.2) is 0 Å². The van der Waals surface area contributed by atoms with Crippen molar-refractivity contribution in [1.82, 2.24) is 4.90 Å². The van der Waals surface area contributed by atoms with E-state index in [-0.39, 0.29) is 18.0 Å². The molecule has 0 aromatic heterocycles. The molecular formula is C20H23NO2. The minimum atomic E-state index is -0.246. The number of likely N-dealkylation sites (tertiary alicyclic amines) is 1. The maximum absolute atomic E-state index is 12.8. The number of likely N-dealkylation sites (N-methyl/N-ethyl adjacent to an activating group) is 1. The summed E-state index contributed by atoms with van der Waals surface area (Å²) in [6.45, 7) is 1.82. The van der Waals surface area contributed by atoms with Gasteiger partial charge in [-0.1, -0.05) is 60.7 Å². The molecule has 0 bridgehead atoms. The highest BCUT2D eigenvalue weighted by atomic mass is 16.5. The van der Waals surface area contributed by atoms with Crippen molar-refractivity contribution >= 4 is 5.97 Å². The Bertz CT molecular complexity index is 627. The Morgan fingerprint density at radius 2 is 1.78 bits per heavy atom. The molecule has 0 aliphatic carbocycles. The van der Waals surface area contributed by atoms with Crippen LogP contribution in [0.5, 0.6) is 0 Å². The van der Waals surface area contributed by atoms with Gasteiger partial charge in [-0.3, -0.25) is 4.79 Å². The molecule has 23 heavy (non-hydrogen) atoms. The smallest absolute Gasteiger partial charge is 0.314 e. The van der Waals surface area contributed by atoms with Crippen molar-refractivity contribution in [3.63, 3.8) is 0 Å². The highest BCUT2D eigenvalue weighted by Gasteiger charge is 2.28. The zero-order valence-electron chi connectivity index (χ0n) is 13.5. The number of rotatable bonds is 5. The topological polar surface area (TPSA) is 29.5 Å². The molecule has 0 N–H and O–H groups in total. The Labute approximate surface area is 137 Å². The molecule has 1 aliphatic heterocycles. The van der Waals surface area contributed by atoms with Crippen LogP contribution in [0.3, 0.4) is 0 Å². The maximum atomic E-state index is 12.8. The molecular weight excluding hydrogens is 286 g/mol. The molecule has 1 aliphatic rings. The Kier molecular flexibility index (Phi) is 5.09. The Balaban J connectivity index is 1.76. The van der Waals surface area contributed by atoms with Crippen LogP contribution < -0.4 is 0 Å². The number of esters is 1. The molecule has 3 rings (SSSR count). The molecule has 0 spiro atoms. The monoisotopic (exact) mass is 309 g/mol. The minimum absolute atomic E-state index is 0.0227. The number of nitrogens with zero attached hydrogens (tertiary/aromatic N) is 1. The van der Waals surface area contributed by atoms with E-state index in [0.717, 1.165) is 30.6 Å². The zero-order valence-corrected chi connectivity index (χ0v) is 13.5. The van der Waals surface area contributed by atoms with Crippen LogP contribution in [-0.4, -0.2) is 37.1 Å². The van der Waals surface area contributed by atoms with E-state index in [1.165, 1.54) is 0 Å². The van der Waals surface area contributed by atoms with Crippen molar-refractivity contribution in [1.29, 1.82) is 0 Å². The number of ether oxygens (including phenoxy) is 1. The largest absolute Gasteiger partial charge is 0.460 e. The van der Waals surface area contributed by atoms with E-state index < -0.39 is 0 Å². The van der Waals surface area contributed by atoms with E-state index in [0.29, 0.717) is 6.42 Å². The highest BCUT2D eigenvalue weighted by molar-refractivity contribution is 5.78. The van der Waals surface area contributed by atoms with Gasteiger partial charge in [0.05, 0.1) is 5.92 Å². The fourth-order valence-electron chi connectivity index (χ4n) is 3.11. The standard InChI is InChI=1S/C20H23NO2/c1-21-13-12-18(15-21)23-20(22)19(17-10-6-3-7-11-17)14-16-8-4-2-5-9-16/h2-11,18-19H,12-15H2,1H3. The van der Waals surface area contributed by atoms with E-state index in [2.05, 4.69) is 24.1 Å². The Morgan fingerprint density at radius 1 is 1.13 bits per heavy atom. The first-order valence-corrected chi connectivity index (χ1v) is 8.20. The summed E-state index contributed by atoms with van der Waals surface area (Å²) >= 11 is 0. The second kappa shape index (κ2) is 7.42. The molecule has 2 atom stereocenters. The fourth-order valence-corrected chi connectivity index (χ4v) is 3.11. The molecule has 1 saturated heterocycles. The predicted molar refractivity (Wildman–Crippen MR) is 91.3 cm³/mol. The van der Waals surface area contributed by atoms with Gasteiger partial charge >= 0.3 is 5.97 Å². The van der Waals surface area contributed by atoms with Crippen molar-refractivity contribution in [3.05, 3.63) is 71.8 Å². The third-order valence-corrected chi connectivity index (χ3v) is 4.40. The Hall–Kier alpha value is -2.13. The van der Waals surface area contributed by atoms with Crippen molar-refractivity contribution in [3.8, 4) is 0 Å². The predicted octanol–water partition coefficient (Wildman–Crippen LogP) is 3.26. The van der Waals surface area contributed by atoms with E-state index in [9.17, 15) is 4.79 Å². The number of carbonyl (C=O) groups is 1. The van der Waals surface area contributed by atoms with Crippen LogP contribution in [-0.2, 0) is 16.0 Å². The van der Waals surface area contributed by atoms with Gasteiger partial charge in [-0.15, -0.1) is 0 Å². The van der Waals surface area contributed by atoms with Crippen LogP contribution >= 0.6 is 0 Å². The second-order valence-corrected chi connectivity index (χ2v) is 6.26. The normalized spacial score (nSPS) is 19.4. The molecule has 0 saturated carbocycles. The van der Waals surface area contributed by atoms with Crippen LogP contribution in [0.25, 0.3) is 0 Å². The van der Waals surface area contributed by atoms with E-state index >= 15 is 0 Å². The molecule has 2 aromatic rings. The van der Waals surface area contributed by atoms with Crippen LogP contribution in [0.2, 0.25) is 0 Å². The molecule has 2 unspecified atom stereocenters. The van der Waals surface area contributed by atoms with Gasteiger partial charge in [-0.25, -0.2) is 0 Å². The first-order valence-electron chi connectivity index (χ1n) is 8.20.